The van der Waals surface area contributed by atoms with E-state index >= 15 is 0 Å². The van der Waals surface area contributed by atoms with Crippen molar-refractivity contribution in [3.63, 3.8) is 0 Å². The van der Waals surface area contributed by atoms with Gasteiger partial charge in [-0.1, -0.05) is 42.5 Å². The van der Waals surface area contributed by atoms with E-state index in [4.69, 9.17) is 0 Å². The summed E-state index contributed by atoms with van der Waals surface area (Å²) < 4.78 is 0. The second kappa shape index (κ2) is 5.45. The van der Waals surface area contributed by atoms with Crippen molar-refractivity contribution in [2.45, 2.75) is 11.3 Å². The lowest BCUT2D eigenvalue weighted by atomic mass is 9.99. The number of fused-ring (bicyclic) bond motifs is 1. The minimum Gasteiger partial charge on any atom is -0.289 e. The van der Waals surface area contributed by atoms with Crippen molar-refractivity contribution in [1.29, 1.82) is 0 Å². The number of hydrogen-bond donors (Lipinski definition) is 0. The van der Waals surface area contributed by atoms with Gasteiger partial charge >= 0.3 is 0 Å². The molecule has 3 rings (SSSR count). The number of hydrogen-bond acceptors (Lipinski definition) is 2. The summed E-state index contributed by atoms with van der Waals surface area (Å²) in [5, 5.41) is 0. The molecule has 0 unspecified atom stereocenters. The van der Waals surface area contributed by atoms with Gasteiger partial charge in [-0.05, 0) is 30.2 Å². The van der Waals surface area contributed by atoms with Crippen LogP contribution in [0.3, 0.4) is 0 Å². The number of ketones is 1. The first-order chi connectivity index (χ1) is 9.34. The summed E-state index contributed by atoms with van der Waals surface area (Å²) in [5.41, 5.74) is 2.84. The van der Waals surface area contributed by atoms with Gasteiger partial charge in [0.15, 0.2) is 5.78 Å². The third-order valence-corrected chi connectivity index (χ3v) is 4.27. The number of carbonyl (C=O) groups excluding carboxylic acids is 1. The van der Waals surface area contributed by atoms with Crippen molar-refractivity contribution >= 4 is 23.6 Å². The fourth-order valence-corrected chi connectivity index (χ4v) is 3.26. The van der Waals surface area contributed by atoms with Gasteiger partial charge in [0.25, 0.3) is 0 Å². The van der Waals surface area contributed by atoms with Gasteiger partial charge in [-0.2, -0.15) is 0 Å². The van der Waals surface area contributed by atoms with Crippen LogP contribution in [-0.4, -0.2) is 11.5 Å². The van der Waals surface area contributed by atoms with Crippen molar-refractivity contribution in [2.24, 2.45) is 0 Å². The molecule has 0 aromatic heterocycles. The summed E-state index contributed by atoms with van der Waals surface area (Å²) in [4.78, 5) is 13.7. The molecular weight excluding hydrogens is 252 g/mol. The molecule has 0 fully saturated rings. The summed E-state index contributed by atoms with van der Waals surface area (Å²) >= 11 is 1.77. The van der Waals surface area contributed by atoms with E-state index in [2.05, 4.69) is 0 Å². The molecule has 0 saturated carbocycles. The Balaban J connectivity index is 2.01. The van der Waals surface area contributed by atoms with E-state index in [0.29, 0.717) is 0 Å². The Bertz CT molecular complexity index is 629. The van der Waals surface area contributed by atoms with Crippen LogP contribution in [0.15, 0.2) is 65.1 Å². The molecular formula is C17H14OS. The molecule has 0 saturated heterocycles. The summed E-state index contributed by atoms with van der Waals surface area (Å²) in [6.45, 7) is 0. The molecule has 0 N–H and O–H groups in total. The second-order valence-electron chi connectivity index (χ2n) is 4.50. The van der Waals surface area contributed by atoms with Gasteiger partial charge < -0.3 is 0 Å². The maximum atomic E-state index is 12.6. The van der Waals surface area contributed by atoms with Crippen molar-refractivity contribution in [2.75, 3.05) is 5.75 Å². The van der Waals surface area contributed by atoms with E-state index in [9.17, 15) is 4.79 Å². The van der Waals surface area contributed by atoms with Crippen LogP contribution < -0.4 is 0 Å². The molecule has 1 heterocycles. The number of benzene rings is 2. The van der Waals surface area contributed by atoms with Crippen LogP contribution in [0.25, 0.3) is 6.08 Å². The Morgan fingerprint density at radius 2 is 1.68 bits per heavy atom. The molecule has 0 amide bonds. The van der Waals surface area contributed by atoms with Crippen LogP contribution >= 0.6 is 11.8 Å². The largest absolute Gasteiger partial charge is 0.289 e. The Hall–Kier alpha value is -1.80. The van der Waals surface area contributed by atoms with E-state index < -0.39 is 0 Å². The van der Waals surface area contributed by atoms with Gasteiger partial charge in [0.2, 0.25) is 0 Å². The molecule has 0 radical (unpaired) electrons. The SMILES string of the molecule is O=C1C(=Cc2ccccc2)CCSc2ccccc21. The zero-order valence-corrected chi connectivity index (χ0v) is 11.3. The van der Waals surface area contributed by atoms with Gasteiger partial charge in [0, 0.05) is 21.8 Å². The molecule has 0 spiro atoms. The smallest absolute Gasteiger partial charge is 0.190 e. The molecule has 0 atom stereocenters. The molecule has 19 heavy (non-hydrogen) atoms. The predicted octanol–water partition coefficient (Wildman–Crippen LogP) is 4.45. The first-order valence-corrected chi connectivity index (χ1v) is 7.35. The standard InChI is InChI=1S/C17H14OS/c18-17-14(12-13-6-2-1-3-7-13)10-11-19-16-9-5-4-8-15(16)17/h1-9,12H,10-11H2. The summed E-state index contributed by atoms with van der Waals surface area (Å²) in [6, 6.07) is 17.9. The van der Waals surface area contributed by atoms with E-state index in [1.165, 1.54) is 0 Å². The molecule has 2 heteroatoms. The Kier molecular flexibility index (Phi) is 3.51. The normalized spacial score (nSPS) is 17.1. The van der Waals surface area contributed by atoms with Crippen molar-refractivity contribution in [3.05, 3.63) is 71.3 Å². The highest BCUT2D eigenvalue weighted by Gasteiger charge is 2.19. The van der Waals surface area contributed by atoms with Gasteiger partial charge in [-0.3, -0.25) is 4.79 Å². The van der Waals surface area contributed by atoms with Gasteiger partial charge in [-0.25, -0.2) is 0 Å². The number of allylic oxidation sites excluding steroid dienone is 1. The molecule has 1 aliphatic heterocycles. The average molecular weight is 266 g/mol. The number of carbonyl (C=O) groups is 1. The van der Waals surface area contributed by atoms with E-state index in [-0.39, 0.29) is 5.78 Å². The topological polar surface area (TPSA) is 17.1 Å². The monoisotopic (exact) mass is 266 g/mol. The quantitative estimate of drug-likeness (QED) is 0.709. The molecule has 2 aromatic rings. The van der Waals surface area contributed by atoms with Crippen LogP contribution in [0.2, 0.25) is 0 Å². The zero-order chi connectivity index (χ0) is 13.1. The molecule has 1 nitrogen and oxygen atoms in total. The van der Waals surface area contributed by atoms with E-state index in [0.717, 1.165) is 33.8 Å². The lowest BCUT2D eigenvalue weighted by Gasteiger charge is -2.04. The Morgan fingerprint density at radius 3 is 2.53 bits per heavy atom. The third kappa shape index (κ3) is 2.64. The first kappa shape index (κ1) is 12.2. The maximum absolute atomic E-state index is 12.6. The van der Waals surface area contributed by atoms with E-state index in [1.54, 1.807) is 11.8 Å². The summed E-state index contributed by atoms with van der Waals surface area (Å²) in [7, 11) is 0. The lowest BCUT2D eigenvalue weighted by molar-refractivity contribution is 0.103. The number of thioether (sulfide) groups is 1. The maximum Gasteiger partial charge on any atom is 0.190 e. The van der Waals surface area contributed by atoms with Crippen LogP contribution in [0, 0.1) is 0 Å². The highest BCUT2D eigenvalue weighted by atomic mass is 32.2. The molecule has 2 aromatic carbocycles. The van der Waals surface area contributed by atoms with Crippen LogP contribution in [-0.2, 0) is 0 Å². The zero-order valence-electron chi connectivity index (χ0n) is 10.5. The fraction of sp³-hybridized carbons (Fsp3) is 0.118. The highest BCUT2D eigenvalue weighted by Crippen LogP contribution is 2.31. The predicted molar refractivity (Wildman–Crippen MR) is 80.5 cm³/mol. The van der Waals surface area contributed by atoms with Crippen LogP contribution in [0.4, 0.5) is 0 Å². The van der Waals surface area contributed by atoms with Crippen molar-refractivity contribution in [1.82, 2.24) is 0 Å². The number of rotatable bonds is 1. The van der Waals surface area contributed by atoms with Crippen molar-refractivity contribution in [3.8, 4) is 0 Å². The number of Topliss-reactive ketones (excluding diaryl/α,β-unsaturated/α-hetero) is 1. The van der Waals surface area contributed by atoms with Gasteiger partial charge in [0.05, 0.1) is 0 Å². The molecule has 1 aliphatic rings. The molecule has 94 valence electrons. The third-order valence-electron chi connectivity index (χ3n) is 3.19. The first-order valence-electron chi connectivity index (χ1n) is 6.37. The van der Waals surface area contributed by atoms with E-state index in [1.807, 2.05) is 60.7 Å². The Morgan fingerprint density at radius 1 is 0.947 bits per heavy atom. The summed E-state index contributed by atoms with van der Waals surface area (Å²) in [6.07, 6.45) is 2.85. The average Bonchev–Trinajstić information content (AvgIpc) is 2.61. The minimum absolute atomic E-state index is 0.171. The minimum atomic E-state index is 0.171. The van der Waals surface area contributed by atoms with Gasteiger partial charge in [0.1, 0.15) is 0 Å². The summed E-state index contributed by atoms with van der Waals surface area (Å²) in [5.74, 6) is 1.13. The lowest BCUT2D eigenvalue weighted by Crippen LogP contribution is -2.02. The highest BCUT2D eigenvalue weighted by molar-refractivity contribution is 7.99. The fourth-order valence-electron chi connectivity index (χ4n) is 2.23. The molecule has 0 aliphatic carbocycles. The molecule has 0 bridgehead atoms. The van der Waals surface area contributed by atoms with Crippen LogP contribution in [0.5, 0.6) is 0 Å². The van der Waals surface area contributed by atoms with Gasteiger partial charge in [-0.15, -0.1) is 11.8 Å². The Labute approximate surface area is 117 Å². The van der Waals surface area contributed by atoms with Crippen LogP contribution in [0.1, 0.15) is 22.3 Å². The van der Waals surface area contributed by atoms with Crippen molar-refractivity contribution < 1.29 is 4.79 Å². The second-order valence-corrected chi connectivity index (χ2v) is 5.64.